The van der Waals surface area contributed by atoms with E-state index in [4.69, 9.17) is 10.5 Å². The number of hydrogen-bond donors (Lipinski definition) is 8. The fraction of sp³-hybridized carbons (Fsp3) is 0.750. The molecule has 9 N–H and O–H groups in total. The maximum absolute atomic E-state index is 10.9. The summed E-state index contributed by atoms with van der Waals surface area (Å²) in [4.78, 5) is 4.33. The molecule has 2 aliphatic carbocycles. The number of benzene rings is 1. The summed E-state index contributed by atoms with van der Waals surface area (Å²) in [6, 6.07) is 9.33. The molecule has 12 nitrogen and oxygen atoms in total. The van der Waals surface area contributed by atoms with E-state index in [2.05, 4.69) is 62.8 Å². The number of nitrogens with one attached hydrogen (secondary N) is 5. The number of anilines is 2. The lowest BCUT2D eigenvalue weighted by molar-refractivity contribution is -0.108. The molecule has 1 aromatic rings. The van der Waals surface area contributed by atoms with Crippen molar-refractivity contribution in [3.8, 4) is 6.07 Å². The van der Waals surface area contributed by atoms with Crippen LogP contribution in [0, 0.1) is 17.2 Å². The minimum absolute atomic E-state index is 0.00927. The molecule has 0 amide bonds. The maximum Gasteiger partial charge on any atom is 0.142 e. The zero-order chi connectivity index (χ0) is 27.6. The largest absolute Gasteiger partial charge is 0.387 e. The highest BCUT2D eigenvalue weighted by atomic mass is 16.6. The Labute approximate surface area is 235 Å². The molecule has 40 heavy (non-hydrogen) atoms. The van der Waals surface area contributed by atoms with Gasteiger partial charge >= 0.3 is 0 Å². The number of nitrogens with zero attached hydrogens (tertiary/aromatic N) is 3. The number of hydrogen-bond acceptors (Lipinski definition) is 12. The Morgan fingerprint density at radius 3 is 2.70 bits per heavy atom. The van der Waals surface area contributed by atoms with E-state index in [1.807, 2.05) is 4.90 Å². The lowest BCUT2D eigenvalue weighted by atomic mass is 9.76. The number of fused-ring (bicyclic) bond motifs is 2. The number of likely N-dealkylation sites (N-methyl/N-ethyl adjacent to an activating group) is 1. The number of nitrogens with two attached hydrogens (primary N) is 1. The van der Waals surface area contributed by atoms with Gasteiger partial charge in [0.15, 0.2) is 0 Å². The monoisotopic (exact) mass is 553 g/mol. The highest BCUT2D eigenvalue weighted by Crippen LogP contribution is 2.49. The van der Waals surface area contributed by atoms with E-state index in [-0.39, 0.29) is 30.0 Å². The van der Waals surface area contributed by atoms with Crippen LogP contribution in [0.3, 0.4) is 0 Å². The van der Waals surface area contributed by atoms with Gasteiger partial charge in [-0.1, -0.05) is 6.07 Å². The molecular weight excluding hydrogens is 510 g/mol. The predicted molar refractivity (Wildman–Crippen MR) is 150 cm³/mol. The van der Waals surface area contributed by atoms with E-state index < -0.39 is 24.5 Å². The van der Waals surface area contributed by atoms with Crippen LogP contribution in [0.25, 0.3) is 0 Å². The summed E-state index contributed by atoms with van der Waals surface area (Å²) in [6.45, 7) is 1.71. The Morgan fingerprint density at radius 2 is 1.93 bits per heavy atom. The molecule has 0 bridgehead atoms. The van der Waals surface area contributed by atoms with Gasteiger partial charge in [0.25, 0.3) is 0 Å². The van der Waals surface area contributed by atoms with Crippen molar-refractivity contribution in [1.29, 1.82) is 5.26 Å². The molecule has 8 unspecified atom stereocenters. The number of aliphatic hydroxyl groups is 2. The van der Waals surface area contributed by atoms with E-state index in [1.54, 1.807) is 0 Å². The first-order valence-electron chi connectivity index (χ1n) is 14.9. The topological polar surface area (TPSA) is 166 Å². The first-order chi connectivity index (χ1) is 19.3. The lowest BCUT2D eigenvalue weighted by Crippen LogP contribution is -2.68. The third-order valence-corrected chi connectivity index (χ3v) is 10.3. The van der Waals surface area contributed by atoms with Gasteiger partial charge in [-0.25, -0.2) is 4.90 Å². The van der Waals surface area contributed by atoms with Gasteiger partial charge in [-0.2, -0.15) is 5.26 Å². The Kier molecular flexibility index (Phi) is 6.94. The molecule has 0 spiro atoms. The average Bonchev–Trinajstić information content (AvgIpc) is 3.30. The molecular formula is C28H43N9O3. The smallest absolute Gasteiger partial charge is 0.142 e. The first kappa shape index (κ1) is 26.8. The highest BCUT2D eigenvalue weighted by molar-refractivity contribution is 5.76. The average molecular weight is 554 g/mol. The fourth-order valence-electron chi connectivity index (χ4n) is 7.37. The van der Waals surface area contributed by atoms with Crippen molar-refractivity contribution < 1.29 is 14.9 Å². The van der Waals surface area contributed by atoms with E-state index >= 15 is 0 Å². The molecule has 0 radical (unpaired) electrons. The molecule has 4 heterocycles. The quantitative estimate of drug-likeness (QED) is 0.205. The van der Waals surface area contributed by atoms with Gasteiger partial charge in [-0.3, -0.25) is 16.0 Å². The number of aliphatic hydroxyl groups excluding tert-OH is 2. The molecule has 8 atom stereocenters. The van der Waals surface area contributed by atoms with Gasteiger partial charge in [0.05, 0.1) is 54.1 Å². The standard InChI is InChI=1S/C28H43N9O3/c1-36(11-20-23(38)24(39)27(40-20)37-14-33-22-25(30)31-13-32-26(22)37)17-8-15(9-17)2-5-21-34-18-4-3-16(10-19(18)35-21)28(12-29)6-7-28/h3-4,10,15,17,20-27,31-35,38-39H,2,5-9,11,13-14,30H2,1H3. The molecule has 3 saturated heterocycles. The molecule has 0 aromatic heterocycles. The SMILES string of the molecule is CN(CC1OC(N2CNC3C(N)NCNC32)C(O)C1O)C1CC(CCC2Nc3ccc(C4(C#N)CC4)cc3N2)C1. The first-order valence-corrected chi connectivity index (χ1v) is 14.9. The molecule has 5 fully saturated rings. The molecule has 2 saturated carbocycles. The minimum Gasteiger partial charge on any atom is -0.387 e. The highest BCUT2D eigenvalue weighted by Gasteiger charge is 2.52. The van der Waals surface area contributed by atoms with Crippen molar-refractivity contribution in [2.45, 2.75) is 99.1 Å². The fourth-order valence-corrected chi connectivity index (χ4v) is 7.37. The summed E-state index contributed by atoms with van der Waals surface area (Å²) in [5.74, 6) is 0.680. The van der Waals surface area contributed by atoms with E-state index in [0.29, 0.717) is 31.8 Å². The number of rotatable bonds is 8. The van der Waals surface area contributed by atoms with Crippen molar-refractivity contribution in [3.63, 3.8) is 0 Å². The third kappa shape index (κ3) is 4.67. The molecule has 7 rings (SSSR count). The molecule has 12 heteroatoms. The van der Waals surface area contributed by atoms with Crippen molar-refractivity contribution >= 4 is 11.4 Å². The third-order valence-electron chi connectivity index (χ3n) is 10.3. The van der Waals surface area contributed by atoms with Crippen LogP contribution in [-0.4, -0.2) is 102 Å². The van der Waals surface area contributed by atoms with Gasteiger partial charge in [0.2, 0.25) is 0 Å². The lowest BCUT2D eigenvalue weighted by Gasteiger charge is -2.42. The van der Waals surface area contributed by atoms with Crippen LogP contribution < -0.4 is 32.3 Å². The van der Waals surface area contributed by atoms with Crippen molar-refractivity contribution in [1.82, 2.24) is 25.8 Å². The van der Waals surface area contributed by atoms with Crippen LogP contribution in [0.5, 0.6) is 0 Å². The van der Waals surface area contributed by atoms with Gasteiger partial charge in [0, 0.05) is 19.3 Å². The second-order valence-corrected chi connectivity index (χ2v) is 12.8. The van der Waals surface area contributed by atoms with Crippen LogP contribution in [0.4, 0.5) is 11.4 Å². The van der Waals surface area contributed by atoms with E-state index in [1.165, 1.54) is 0 Å². The van der Waals surface area contributed by atoms with Gasteiger partial charge in [-0.05, 0) is 69.2 Å². The summed E-state index contributed by atoms with van der Waals surface area (Å²) in [5.41, 5.74) is 9.31. The van der Waals surface area contributed by atoms with Crippen molar-refractivity contribution in [3.05, 3.63) is 23.8 Å². The molecule has 1 aromatic carbocycles. The maximum atomic E-state index is 10.9. The number of ether oxygens (including phenoxy) is 1. The van der Waals surface area contributed by atoms with Crippen molar-refractivity contribution in [2.24, 2.45) is 11.7 Å². The normalized spacial score (nSPS) is 41.5. The number of nitriles is 1. The van der Waals surface area contributed by atoms with Gasteiger partial charge in [0.1, 0.15) is 24.5 Å². The Balaban J connectivity index is 0.857. The second kappa shape index (κ2) is 10.3. The summed E-state index contributed by atoms with van der Waals surface area (Å²) in [6.07, 6.45) is 3.46. The summed E-state index contributed by atoms with van der Waals surface area (Å²) in [5, 5.41) is 48.4. The molecule has 4 aliphatic heterocycles. The second-order valence-electron chi connectivity index (χ2n) is 12.8. The van der Waals surface area contributed by atoms with Crippen LogP contribution in [0.15, 0.2) is 18.2 Å². The molecule has 6 aliphatic rings. The summed E-state index contributed by atoms with van der Waals surface area (Å²) in [7, 11) is 2.10. The molecule has 218 valence electrons. The van der Waals surface area contributed by atoms with E-state index in [0.717, 1.165) is 55.5 Å². The van der Waals surface area contributed by atoms with Crippen LogP contribution in [0.2, 0.25) is 0 Å². The predicted octanol–water partition coefficient (Wildman–Crippen LogP) is -0.665. The zero-order valence-corrected chi connectivity index (χ0v) is 23.1. The Bertz CT molecular complexity index is 1140. The van der Waals surface area contributed by atoms with Crippen LogP contribution >= 0.6 is 0 Å². The Hall–Kier alpha value is -2.05. The van der Waals surface area contributed by atoms with E-state index in [9.17, 15) is 15.5 Å². The summed E-state index contributed by atoms with van der Waals surface area (Å²) >= 11 is 0. The van der Waals surface area contributed by atoms with Crippen molar-refractivity contribution in [2.75, 3.05) is 37.6 Å². The zero-order valence-electron chi connectivity index (χ0n) is 23.1. The van der Waals surface area contributed by atoms with Gasteiger partial charge in [-0.15, -0.1) is 0 Å². The van der Waals surface area contributed by atoms with Crippen LogP contribution in [0.1, 0.15) is 44.1 Å². The van der Waals surface area contributed by atoms with Gasteiger partial charge < -0.3 is 36.2 Å². The van der Waals surface area contributed by atoms with Crippen LogP contribution in [-0.2, 0) is 10.2 Å². The minimum atomic E-state index is -0.970. The summed E-state index contributed by atoms with van der Waals surface area (Å²) < 4.78 is 6.27. The Morgan fingerprint density at radius 1 is 1.12 bits per heavy atom.